The summed E-state index contributed by atoms with van der Waals surface area (Å²) in [5, 5.41) is 28.6. The molecule has 0 radical (unpaired) electrons. The van der Waals surface area contributed by atoms with Crippen LogP contribution in [0.25, 0.3) is 6.08 Å². The van der Waals surface area contributed by atoms with E-state index >= 15 is 0 Å². The summed E-state index contributed by atoms with van der Waals surface area (Å²) in [6.45, 7) is 2.18. The van der Waals surface area contributed by atoms with Gasteiger partial charge in [-0.25, -0.2) is 0 Å². The zero-order chi connectivity index (χ0) is 19.9. The molecule has 0 aromatic carbocycles. The lowest BCUT2D eigenvalue weighted by atomic mass is 10.1. The lowest BCUT2D eigenvalue weighted by Crippen LogP contribution is -2.12. The van der Waals surface area contributed by atoms with Crippen molar-refractivity contribution >= 4 is 12.0 Å². The van der Waals surface area contributed by atoms with Crippen LogP contribution in [0.3, 0.4) is 0 Å². The maximum atomic E-state index is 10.5. The molecule has 0 fully saturated rings. The van der Waals surface area contributed by atoms with Crippen molar-refractivity contribution in [3.05, 3.63) is 47.8 Å². The second-order valence-electron chi connectivity index (χ2n) is 6.83. The number of hydrogen-bond acceptors (Lipinski definition) is 4. The first-order chi connectivity index (χ1) is 13.0. The van der Waals surface area contributed by atoms with Crippen LogP contribution >= 0.6 is 0 Å². The number of carbonyl (C=O) groups is 1. The number of aliphatic hydroxyl groups is 2. The van der Waals surface area contributed by atoms with Crippen molar-refractivity contribution in [1.82, 2.24) is 4.98 Å². The molecule has 27 heavy (non-hydrogen) atoms. The van der Waals surface area contributed by atoms with Crippen molar-refractivity contribution in [3.8, 4) is 0 Å². The van der Waals surface area contributed by atoms with Crippen LogP contribution in [0, 0.1) is 0 Å². The third-order valence-corrected chi connectivity index (χ3v) is 4.21. The molecule has 5 nitrogen and oxygen atoms in total. The molecule has 0 aliphatic carbocycles. The summed E-state index contributed by atoms with van der Waals surface area (Å²) in [6, 6.07) is 5.56. The lowest BCUT2D eigenvalue weighted by molar-refractivity contribution is -0.137. The number of nitrogens with zero attached hydrogens (tertiary/aromatic N) is 1. The highest BCUT2D eigenvalue weighted by atomic mass is 16.4. The molecule has 1 heterocycles. The summed E-state index contributed by atoms with van der Waals surface area (Å²) in [5.41, 5.74) is 1.49. The maximum absolute atomic E-state index is 10.5. The van der Waals surface area contributed by atoms with Crippen molar-refractivity contribution in [2.24, 2.45) is 0 Å². The summed E-state index contributed by atoms with van der Waals surface area (Å²) in [5.74, 6) is -0.846. The molecule has 3 N–H and O–H groups in total. The van der Waals surface area contributed by atoms with E-state index in [1.807, 2.05) is 24.3 Å². The summed E-state index contributed by atoms with van der Waals surface area (Å²) in [7, 11) is 0. The van der Waals surface area contributed by atoms with Gasteiger partial charge in [0.15, 0.2) is 0 Å². The number of aromatic nitrogens is 1. The highest BCUT2D eigenvalue weighted by molar-refractivity contribution is 5.66. The third-order valence-electron chi connectivity index (χ3n) is 4.21. The second-order valence-corrected chi connectivity index (χ2v) is 6.83. The number of pyridine rings is 1. The molecule has 1 aromatic rings. The normalized spacial score (nSPS) is 14.0. The van der Waals surface area contributed by atoms with Gasteiger partial charge in [0.05, 0.1) is 17.9 Å². The van der Waals surface area contributed by atoms with Gasteiger partial charge in [-0.1, -0.05) is 44.1 Å². The highest BCUT2D eigenvalue weighted by Crippen LogP contribution is 2.10. The number of aliphatic carboxylic acids is 1. The number of carboxylic acid groups (broad SMARTS) is 1. The summed E-state index contributed by atoms with van der Waals surface area (Å²) < 4.78 is 0. The van der Waals surface area contributed by atoms with Crippen molar-refractivity contribution in [2.45, 2.75) is 76.9 Å². The molecule has 2 unspecified atom stereocenters. The van der Waals surface area contributed by atoms with Crippen molar-refractivity contribution < 1.29 is 20.1 Å². The maximum Gasteiger partial charge on any atom is 0.303 e. The predicted molar refractivity (Wildman–Crippen MR) is 108 cm³/mol. The molecule has 1 aromatic heterocycles. The van der Waals surface area contributed by atoms with Gasteiger partial charge in [0.25, 0.3) is 0 Å². The first kappa shape index (κ1) is 23.1. The van der Waals surface area contributed by atoms with Crippen LogP contribution in [0.15, 0.2) is 36.4 Å². The molecule has 0 saturated heterocycles. The van der Waals surface area contributed by atoms with Gasteiger partial charge in [0, 0.05) is 18.5 Å². The number of carboxylic acids is 1. The average molecular weight is 376 g/mol. The molecule has 0 saturated carbocycles. The number of aliphatic hydroxyl groups excluding tert-OH is 2. The standard InChI is InChI=1S/C22H33NO4/c1-2-3-4-5-6-7-12-20(24)16-15-18-10-8-11-19(23-18)17-21(25)13-9-14-22(26)27/h6-8,10-11,15-16,20-21,24-25H,2-5,9,12-14,17H2,1H3,(H,26,27)/b7-6-,16-15+. The Kier molecular flexibility index (Phi) is 12.1. The van der Waals surface area contributed by atoms with Crippen LogP contribution in [0.4, 0.5) is 0 Å². The molecule has 0 spiro atoms. The second kappa shape index (κ2) is 14.1. The van der Waals surface area contributed by atoms with Crippen LogP contribution in [0.1, 0.15) is 69.7 Å². The van der Waals surface area contributed by atoms with Crippen LogP contribution in [0.2, 0.25) is 0 Å². The number of allylic oxidation sites excluding steroid dienone is 1. The monoisotopic (exact) mass is 375 g/mol. The zero-order valence-electron chi connectivity index (χ0n) is 16.3. The van der Waals surface area contributed by atoms with E-state index in [4.69, 9.17) is 5.11 Å². The molecule has 0 aliphatic rings. The van der Waals surface area contributed by atoms with E-state index in [1.165, 1.54) is 19.3 Å². The molecule has 0 aliphatic heterocycles. The minimum absolute atomic E-state index is 0.0677. The van der Waals surface area contributed by atoms with Crippen molar-refractivity contribution in [3.63, 3.8) is 0 Å². The quantitative estimate of drug-likeness (QED) is 0.336. The molecule has 5 heteroatoms. The van der Waals surface area contributed by atoms with Gasteiger partial charge < -0.3 is 15.3 Å². The Balaban J connectivity index is 2.41. The van der Waals surface area contributed by atoms with Gasteiger partial charge in [0.2, 0.25) is 0 Å². The molecule has 0 amide bonds. The highest BCUT2D eigenvalue weighted by Gasteiger charge is 2.08. The van der Waals surface area contributed by atoms with Crippen molar-refractivity contribution in [2.75, 3.05) is 0 Å². The topological polar surface area (TPSA) is 90.7 Å². The Hall–Kier alpha value is -1.98. The Labute approximate surface area is 162 Å². The summed E-state index contributed by atoms with van der Waals surface area (Å²) in [6.07, 6.45) is 13.2. The van der Waals surface area contributed by atoms with Gasteiger partial charge in [-0.15, -0.1) is 0 Å². The summed E-state index contributed by atoms with van der Waals surface area (Å²) in [4.78, 5) is 15.0. The Morgan fingerprint density at radius 1 is 1.19 bits per heavy atom. The molecule has 150 valence electrons. The largest absolute Gasteiger partial charge is 0.481 e. The molecular weight excluding hydrogens is 342 g/mol. The van der Waals surface area contributed by atoms with Crippen LogP contribution in [-0.4, -0.2) is 38.5 Å². The summed E-state index contributed by atoms with van der Waals surface area (Å²) >= 11 is 0. The first-order valence-electron chi connectivity index (χ1n) is 9.88. The fourth-order valence-corrected chi connectivity index (χ4v) is 2.69. The van der Waals surface area contributed by atoms with Gasteiger partial charge in [-0.3, -0.25) is 9.78 Å². The fourth-order valence-electron chi connectivity index (χ4n) is 2.69. The van der Waals surface area contributed by atoms with Crippen LogP contribution < -0.4 is 0 Å². The van der Waals surface area contributed by atoms with E-state index < -0.39 is 18.2 Å². The Bertz CT molecular complexity index is 598. The number of rotatable bonds is 14. The minimum atomic E-state index is -0.846. The smallest absolute Gasteiger partial charge is 0.303 e. The lowest BCUT2D eigenvalue weighted by Gasteiger charge is -2.09. The van der Waals surface area contributed by atoms with E-state index in [2.05, 4.69) is 18.0 Å². The molecule has 2 atom stereocenters. The molecule has 1 rings (SSSR count). The van der Waals surface area contributed by atoms with E-state index in [1.54, 1.807) is 12.2 Å². The molecule has 0 bridgehead atoms. The van der Waals surface area contributed by atoms with Gasteiger partial charge in [0.1, 0.15) is 0 Å². The van der Waals surface area contributed by atoms with E-state index in [9.17, 15) is 15.0 Å². The Morgan fingerprint density at radius 3 is 2.74 bits per heavy atom. The predicted octanol–water partition coefficient (Wildman–Crippen LogP) is 4.14. The Morgan fingerprint density at radius 2 is 2.00 bits per heavy atom. The number of unbranched alkanes of at least 4 members (excludes halogenated alkanes) is 3. The first-order valence-corrected chi connectivity index (χ1v) is 9.88. The van der Waals surface area contributed by atoms with Gasteiger partial charge in [-0.2, -0.15) is 0 Å². The van der Waals surface area contributed by atoms with E-state index in [0.29, 0.717) is 25.7 Å². The minimum Gasteiger partial charge on any atom is -0.481 e. The number of hydrogen-bond donors (Lipinski definition) is 3. The van der Waals surface area contributed by atoms with Crippen molar-refractivity contribution in [1.29, 1.82) is 0 Å². The fraction of sp³-hybridized carbons (Fsp3) is 0.545. The SMILES string of the molecule is CCCCC/C=C\CC(O)/C=C/c1cccc(CC(O)CCCC(=O)O)n1. The third kappa shape index (κ3) is 12.1. The zero-order valence-corrected chi connectivity index (χ0v) is 16.3. The van der Waals surface area contributed by atoms with E-state index in [0.717, 1.165) is 17.8 Å². The van der Waals surface area contributed by atoms with Crippen LogP contribution in [0.5, 0.6) is 0 Å². The average Bonchev–Trinajstić information content (AvgIpc) is 2.63. The molecular formula is C22H33NO4. The van der Waals surface area contributed by atoms with Gasteiger partial charge in [-0.05, 0) is 50.3 Å². The van der Waals surface area contributed by atoms with E-state index in [-0.39, 0.29) is 6.42 Å². The van der Waals surface area contributed by atoms with Gasteiger partial charge >= 0.3 is 5.97 Å². The van der Waals surface area contributed by atoms with Crippen LogP contribution in [-0.2, 0) is 11.2 Å².